The smallest absolute Gasteiger partial charge is 0.133 e. The van der Waals surface area contributed by atoms with Crippen molar-refractivity contribution in [3.63, 3.8) is 0 Å². The maximum Gasteiger partial charge on any atom is 0.133 e. The number of aromatic nitrogens is 1. The summed E-state index contributed by atoms with van der Waals surface area (Å²) in [7, 11) is 0. The third-order valence-corrected chi connectivity index (χ3v) is 3.39. The summed E-state index contributed by atoms with van der Waals surface area (Å²) in [6, 6.07) is 3.21. The summed E-state index contributed by atoms with van der Waals surface area (Å²) in [5, 5.41) is 7.62. The van der Waals surface area contributed by atoms with E-state index in [9.17, 15) is 0 Å². The molecule has 0 saturated carbocycles. The minimum Gasteiger partial charge on any atom is -0.361 e. The highest BCUT2D eigenvalue weighted by molar-refractivity contribution is 5.03. The van der Waals surface area contributed by atoms with E-state index in [4.69, 9.17) is 4.52 Å². The maximum absolute atomic E-state index is 5.12. The van der Waals surface area contributed by atoms with E-state index in [1.807, 2.05) is 13.0 Å². The highest BCUT2D eigenvalue weighted by Gasteiger charge is 2.20. The second kappa shape index (κ2) is 5.65. The molecule has 1 aliphatic rings. The minimum absolute atomic E-state index is 0.536. The van der Waals surface area contributed by atoms with Crippen molar-refractivity contribution in [3.05, 3.63) is 17.5 Å². The van der Waals surface area contributed by atoms with Gasteiger partial charge in [0.05, 0.1) is 5.69 Å². The molecule has 1 saturated heterocycles. The van der Waals surface area contributed by atoms with Crippen molar-refractivity contribution in [2.45, 2.75) is 52.2 Å². The van der Waals surface area contributed by atoms with E-state index in [0.29, 0.717) is 12.1 Å². The zero-order valence-corrected chi connectivity index (χ0v) is 11.1. The summed E-state index contributed by atoms with van der Waals surface area (Å²) in [4.78, 5) is 2.46. The predicted octanol–water partition coefficient (Wildman–Crippen LogP) is 1.95. The molecular formula is C13H23N3O. The zero-order valence-electron chi connectivity index (χ0n) is 11.1. The van der Waals surface area contributed by atoms with E-state index >= 15 is 0 Å². The Morgan fingerprint density at radius 1 is 1.59 bits per heavy atom. The van der Waals surface area contributed by atoms with Crippen LogP contribution >= 0.6 is 0 Å². The summed E-state index contributed by atoms with van der Waals surface area (Å²) in [5.74, 6) is 0.891. The van der Waals surface area contributed by atoms with Crippen LogP contribution in [0.25, 0.3) is 0 Å². The molecule has 4 nitrogen and oxygen atoms in total. The molecule has 4 heteroatoms. The highest BCUT2D eigenvalue weighted by Crippen LogP contribution is 2.13. The third-order valence-electron chi connectivity index (χ3n) is 3.39. The van der Waals surface area contributed by atoms with Gasteiger partial charge < -0.3 is 9.84 Å². The minimum atomic E-state index is 0.536. The van der Waals surface area contributed by atoms with Gasteiger partial charge in [0, 0.05) is 31.2 Å². The van der Waals surface area contributed by atoms with Gasteiger partial charge in [-0.2, -0.15) is 0 Å². The number of hydrogen-bond donors (Lipinski definition) is 1. The molecule has 1 aliphatic heterocycles. The van der Waals surface area contributed by atoms with Gasteiger partial charge in [0.1, 0.15) is 5.76 Å². The molecule has 1 unspecified atom stereocenters. The van der Waals surface area contributed by atoms with E-state index in [1.54, 1.807) is 0 Å². The van der Waals surface area contributed by atoms with Gasteiger partial charge in [0.25, 0.3) is 0 Å². The van der Waals surface area contributed by atoms with E-state index in [0.717, 1.165) is 24.5 Å². The van der Waals surface area contributed by atoms with E-state index in [2.05, 4.69) is 29.2 Å². The number of nitrogens with one attached hydrogen (secondary N) is 1. The second-order valence-electron chi connectivity index (χ2n) is 5.25. The normalized spacial score (nSPS) is 20.6. The molecule has 17 heavy (non-hydrogen) atoms. The molecule has 0 amide bonds. The largest absolute Gasteiger partial charge is 0.361 e. The first kappa shape index (κ1) is 12.6. The van der Waals surface area contributed by atoms with Crippen LogP contribution in [0.3, 0.4) is 0 Å². The fourth-order valence-corrected chi connectivity index (χ4v) is 2.35. The SMILES string of the molecule is Cc1cc(CN(CC2CCCN2)C(C)C)no1. The van der Waals surface area contributed by atoms with Gasteiger partial charge in [-0.15, -0.1) is 0 Å². The average Bonchev–Trinajstić information content (AvgIpc) is 2.89. The van der Waals surface area contributed by atoms with E-state index in [-0.39, 0.29) is 0 Å². The molecule has 1 aromatic heterocycles. The van der Waals surface area contributed by atoms with Crippen LogP contribution in [0.1, 0.15) is 38.1 Å². The molecule has 0 aromatic carbocycles. The number of hydrogen-bond acceptors (Lipinski definition) is 4. The van der Waals surface area contributed by atoms with Crippen molar-refractivity contribution < 1.29 is 4.52 Å². The molecule has 1 N–H and O–H groups in total. The van der Waals surface area contributed by atoms with Crippen LogP contribution in [0.4, 0.5) is 0 Å². The molecule has 1 aromatic rings. The van der Waals surface area contributed by atoms with Gasteiger partial charge >= 0.3 is 0 Å². The van der Waals surface area contributed by atoms with Crippen LogP contribution in [0.15, 0.2) is 10.6 Å². The Morgan fingerprint density at radius 2 is 2.41 bits per heavy atom. The van der Waals surface area contributed by atoms with Crippen LogP contribution in [0.5, 0.6) is 0 Å². The summed E-state index contributed by atoms with van der Waals surface area (Å²) in [6.45, 7) is 9.56. The van der Waals surface area contributed by atoms with Crippen molar-refractivity contribution in [3.8, 4) is 0 Å². The molecular weight excluding hydrogens is 214 g/mol. The highest BCUT2D eigenvalue weighted by atomic mass is 16.5. The third kappa shape index (κ3) is 3.54. The van der Waals surface area contributed by atoms with Gasteiger partial charge in [-0.1, -0.05) is 5.16 Å². The molecule has 0 aliphatic carbocycles. The fourth-order valence-electron chi connectivity index (χ4n) is 2.35. The quantitative estimate of drug-likeness (QED) is 0.850. The molecule has 96 valence electrons. The van der Waals surface area contributed by atoms with Gasteiger partial charge in [0.2, 0.25) is 0 Å². The first-order valence-corrected chi connectivity index (χ1v) is 6.55. The van der Waals surface area contributed by atoms with Gasteiger partial charge in [-0.25, -0.2) is 0 Å². The lowest BCUT2D eigenvalue weighted by atomic mass is 10.2. The Labute approximate surface area is 103 Å². The molecule has 0 bridgehead atoms. The van der Waals surface area contributed by atoms with Crippen LogP contribution in [0.2, 0.25) is 0 Å². The Morgan fingerprint density at radius 3 is 2.94 bits per heavy atom. The summed E-state index contributed by atoms with van der Waals surface area (Å²) in [5.41, 5.74) is 1.04. The summed E-state index contributed by atoms with van der Waals surface area (Å²) in [6.07, 6.45) is 2.60. The Bertz CT molecular complexity index is 342. The van der Waals surface area contributed by atoms with Crippen molar-refractivity contribution >= 4 is 0 Å². The monoisotopic (exact) mass is 237 g/mol. The Kier molecular flexibility index (Phi) is 4.18. The van der Waals surface area contributed by atoms with Gasteiger partial charge in [0.15, 0.2) is 0 Å². The Balaban J connectivity index is 1.92. The first-order valence-electron chi connectivity index (χ1n) is 6.55. The topological polar surface area (TPSA) is 41.3 Å². The van der Waals surface area contributed by atoms with Crippen LogP contribution in [-0.2, 0) is 6.54 Å². The van der Waals surface area contributed by atoms with Crippen molar-refractivity contribution in [1.82, 2.24) is 15.4 Å². The van der Waals surface area contributed by atoms with E-state index < -0.39 is 0 Å². The molecule has 1 fully saturated rings. The number of aryl methyl sites for hydroxylation is 1. The van der Waals surface area contributed by atoms with Crippen LogP contribution < -0.4 is 5.32 Å². The summed E-state index contributed by atoms with van der Waals surface area (Å²) >= 11 is 0. The van der Waals surface area contributed by atoms with Crippen molar-refractivity contribution in [2.24, 2.45) is 0 Å². The van der Waals surface area contributed by atoms with Gasteiger partial charge in [-0.05, 0) is 40.2 Å². The fraction of sp³-hybridized carbons (Fsp3) is 0.769. The van der Waals surface area contributed by atoms with Crippen molar-refractivity contribution in [1.29, 1.82) is 0 Å². The zero-order chi connectivity index (χ0) is 12.3. The lowest BCUT2D eigenvalue weighted by Gasteiger charge is -2.28. The molecule has 2 heterocycles. The lowest BCUT2D eigenvalue weighted by Crippen LogP contribution is -2.40. The molecule has 2 rings (SSSR count). The maximum atomic E-state index is 5.12. The standard InChI is InChI=1S/C13H23N3O/c1-10(2)16(8-12-5-4-6-14-12)9-13-7-11(3)17-15-13/h7,10,12,14H,4-6,8-9H2,1-3H3. The molecule has 1 atom stereocenters. The summed E-state index contributed by atoms with van der Waals surface area (Å²) < 4.78 is 5.12. The second-order valence-corrected chi connectivity index (χ2v) is 5.25. The van der Waals surface area contributed by atoms with Crippen LogP contribution in [-0.4, -0.2) is 35.2 Å². The van der Waals surface area contributed by atoms with E-state index in [1.165, 1.54) is 19.4 Å². The predicted molar refractivity (Wildman–Crippen MR) is 67.8 cm³/mol. The van der Waals surface area contributed by atoms with Crippen molar-refractivity contribution in [2.75, 3.05) is 13.1 Å². The van der Waals surface area contributed by atoms with Gasteiger partial charge in [-0.3, -0.25) is 4.90 Å². The first-order chi connectivity index (χ1) is 8.15. The molecule has 0 radical (unpaired) electrons. The molecule has 0 spiro atoms. The lowest BCUT2D eigenvalue weighted by molar-refractivity contribution is 0.189. The number of rotatable bonds is 5. The number of nitrogens with zero attached hydrogens (tertiary/aromatic N) is 2. The Hall–Kier alpha value is -0.870. The average molecular weight is 237 g/mol. The van der Waals surface area contributed by atoms with Crippen LogP contribution in [0, 0.1) is 6.92 Å².